The normalized spacial score (nSPS) is 8.70. The van der Waals surface area contributed by atoms with Crippen LogP contribution in [0.2, 0.25) is 0 Å². The first-order valence-corrected chi connectivity index (χ1v) is 3.35. The van der Waals surface area contributed by atoms with Gasteiger partial charge in [-0.25, -0.2) is 5.84 Å². The first kappa shape index (κ1) is 9.39. The first-order chi connectivity index (χ1) is 4.54. The van der Waals surface area contributed by atoms with E-state index < -0.39 is 0 Å². The number of thiocarbonyl (C=S) groups is 1. The molecule has 10 heavy (non-hydrogen) atoms. The summed E-state index contributed by atoms with van der Waals surface area (Å²) in [6.45, 7) is 6.31. The van der Waals surface area contributed by atoms with Gasteiger partial charge in [-0.1, -0.05) is 12.2 Å². The topological polar surface area (TPSA) is 41.3 Å². The Morgan fingerprint density at radius 2 is 2.30 bits per heavy atom. The van der Waals surface area contributed by atoms with Crippen molar-refractivity contribution in [2.45, 2.75) is 6.92 Å². The van der Waals surface area contributed by atoms with Crippen molar-refractivity contribution in [1.82, 2.24) is 10.3 Å². The van der Waals surface area contributed by atoms with Crippen LogP contribution in [0.25, 0.3) is 0 Å². The molecule has 0 saturated carbocycles. The second-order valence-electron chi connectivity index (χ2n) is 2.23. The molecule has 0 aliphatic carbocycles. The smallest absolute Gasteiger partial charge is 0.183 e. The molecule has 0 aromatic rings. The Kier molecular flexibility index (Phi) is 3.99. The van der Waals surface area contributed by atoms with E-state index in [0.29, 0.717) is 11.7 Å². The van der Waals surface area contributed by atoms with Crippen molar-refractivity contribution in [3.8, 4) is 0 Å². The average molecular weight is 159 g/mol. The molecule has 0 bridgehead atoms. The SMILES string of the molecule is C=C(C)CNC(=S)N(C)N. The number of nitrogens with two attached hydrogens (primary N) is 1. The molecule has 0 heterocycles. The fourth-order valence-electron chi connectivity index (χ4n) is 0.351. The van der Waals surface area contributed by atoms with Crippen molar-refractivity contribution in [3.63, 3.8) is 0 Å². The van der Waals surface area contributed by atoms with Gasteiger partial charge >= 0.3 is 0 Å². The van der Waals surface area contributed by atoms with Crippen molar-refractivity contribution in [2.24, 2.45) is 5.84 Å². The lowest BCUT2D eigenvalue weighted by molar-refractivity contribution is 0.528. The van der Waals surface area contributed by atoms with Crippen LogP contribution in [0.1, 0.15) is 6.92 Å². The minimum atomic E-state index is 0.531. The van der Waals surface area contributed by atoms with E-state index in [2.05, 4.69) is 11.9 Å². The zero-order valence-corrected chi connectivity index (χ0v) is 7.16. The average Bonchev–Trinajstić information content (AvgIpc) is 1.82. The molecule has 0 aliphatic heterocycles. The fraction of sp³-hybridized carbons (Fsp3) is 0.500. The minimum Gasteiger partial charge on any atom is -0.358 e. The van der Waals surface area contributed by atoms with E-state index in [1.165, 1.54) is 5.01 Å². The second kappa shape index (κ2) is 4.24. The highest BCUT2D eigenvalue weighted by Gasteiger charge is 1.95. The van der Waals surface area contributed by atoms with Crippen molar-refractivity contribution in [3.05, 3.63) is 12.2 Å². The maximum Gasteiger partial charge on any atom is 0.183 e. The Hall–Kier alpha value is -0.610. The van der Waals surface area contributed by atoms with E-state index >= 15 is 0 Å². The van der Waals surface area contributed by atoms with Gasteiger partial charge in [0.05, 0.1) is 0 Å². The van der Waals surface area contributed by atoms with Gasteiger partial charge in [-0.05, 0) is 19.1 Å². The number of hydrogen-bond acceptors (Lipinski definition) is 2. The highest BCUT2D eigenvalue weighted by atomic mass is 32.1. The summed E-state index contributed by atoms with van der Waals surface area (Å²) in [4.78, 5) is 0. The molecular formula is C6H13N3S. The van der Waals surface area contributed by atoms with E-state index in [1.807, 2.05) is 6.92 Å². The van der Waals surface area contributed by atoms with E-state index in [4.69, 9.17) is 18.1 Å². The van der Waals surface area contributed by atoms with Gasteiger partial charge in [0.2, 0.25) is 0 Å². The zero-order chi connectivity index (χ0) is 8.15. The van der Waals surface area contributed by atoms with Crippen LogP contribution in [-0.2, 0) is 0 Å². The molecule has 3 nitrogen and oxygen atoms in total. The number of hydrogen-bond donors (Lipinski definition) is 2. The molecule has 0 saturated heterocycles. The summed E-state index contributed by atoms with van der Waals surface area (Å²) in [5, 5.41) is 4.80. The molecule has 0 aromatic carbocycles. The predicted molar refractivity (Wildman–Crippen MR) is 47.4 cm³/mol. The monoisotopic (exact) mass is 159 g/mol. The summed E-state index contributed by atoms with van der Waals surface area (Å²) in [5.74, 6) is 5.32. The third-order valence-corrected chi connectivity index (χ3v) is 1.29. The third-order valence-electron chi connectivity index (χ3n) is 0.862. The van der Waals surface area contributed by atoms with Gasteiger partial charge in [0.25, 0.3) is 0 Å². The first-order valence-electron chi connectivity index (χ1n) is 2.94. The molecule has 0 spiro atoms. The maximum absolute atomic E-state index is 5.32. The Morgan fingerprint density at radius 1 is 1.80 bits per heavy atom. The summed E-state index contributed by atoms with van der Waals surface area (Å²) >= 11 is 4.85. The van der Waals surface area contributed by atoms with Crippen molar-refractivity contribution in [1.29, 1.82) is 0 Å². The summed E-state index contributed by atoms with van der Waals surface area (Å²) in [5.41, 5.74) is 1.03. The molecule has 3 N–H and O–H groups in total. The number of nitrogens with zero attached hydrogens (tertiary/aromatic N) is 1. The molecule has 4 heteroatoms. The Bertz CT molecular complexity index is 142. The summed E-state index contributed by atoms with van der Waals surface area (Å²) < 4.78 is 0. The molecular weight excluding hydrogens is 146 g/mol. The van der Waals surface area contributed by atoms with Crippen LogP contribution in [0.3, 0.4) is 0 Å². The number of rotatable bonds is 2. The van der Waals surface area contributed by atoms with Gasteiger partial charge in [-0.3, -0.25) is 5.01 Å². The third kappa shape index (κ3) is 4.29. The molecule has 0 radical (unpaired) electrons. The predicted octanol–water partition coefficient (Wildman–Crippen LogP) is 0.243. The van der Waals surface area contributed by atoms with E-state index in [1.54, 1.807) is 7.05 Å². The van der Waals surface area contributed by atoms with Crippen LogP contribution in [0.15, 0.2) is 12.2 Å². The molecule has 0 aromatic heterocycles. The molecule has 0 unspecified atom stereocenters. The molecule has 0 atom stereocenters. The molecule has 0 rings (SSSR count). The van der Waals surface area contributed by atoms with Gasteiger partial charge < -0.3 is 5.32 Å². The highest BCUT2D eigenvalue weighted by molar-refractivity contribution is 7.80. The van der Waals surface area contributed by atoms with E-state index in [-0.39, 0.29) is 0 Å². The minimum absolute atomic E-state index is 0.531. The van der Waals surface area contributed by atoms with Gasteiger partial charge in [0.1, 0.15) is 0 Å². The van der Waals surface area contributed by atoms with Crippen molar-refractivity contribution >= 4 is 17.3 Å². The summed E-state index contributed by atoms with van der Waals surface area (Å²) in [7, 11) is 1.69. The number of nitrogens with one attached hydrogen (secondary N) is 1. The summed E-state index contributed by atoms with van der Waals surface area (Å²) in [6, 6.07) is 0. The summed E-state index contributed by atoms with van der Waals surface area (Å²) in [6.07, 6.45) is 0. The second-order valence-corrected chi connectivity index (χ2v) is 2.61. The quantitative estimate of drug-likeness (QED) is 0.262. The Labute approximate surface area is 66.9 Å². The van der Waals surface area contributed by atoms with E-state index in [0.717, 1.165) is 5.57 Å². The Balaban J connectivity index is 3.50. The lowest BCUT2D eigenvalue weighted by Crippen LogP contribution is -2.41. The lowest BCUT2D eigenvalue weighted by atomic mass is 10.3. The number of hydrazine groups is 1. The van der Waals surface area contributed by atoms with Crippen molar-refractivity contribution < 1.29 is 0 Å². The molecule has 58 valence electrons. The standard InChI is InChI=1S/C6H13N3S/c1-5(2)4-8-6(10)9(3)7/h1,4,7H2,2-3H3,(H,8,10). The molecule has 0 aliphatic rings. The van der Waals surface area contributed by atoms with Gasteiger partial charge in [0, 0.05) is 13.6 Å². The molecule has 0 amide bonds. The van der Waals surface area contributed by atoms with Crippen molar-refractivity contribution in [2.75, 3.05) is 13.6 Å². The van der Waals surface area contributed by atoms with Gasteiger partial charge in [-0.15, -0.1) is 0 Å². The van der Waals surface area contributed by atoms with Crippen LogP contribution >= 0.6 is 12.2 Å². The highest BCUT2D eigenvalue weighted by Crippen LogP contribution is 1.82. The van der Waals surface area contributed by atoms with Gasteiger partial charge in [0.15, 0.2) is 5.11 Å². The molecule has 0 fully saturated rings. The van der Waals surface area contributed by atoms with Crippen LogP contribution < -0.4 is 11.2 Å². The van der Waals surface area contributed by atoms with Crippen LogP contribution in [0, 0.1) is 0 Å². The largest absolute Gasteiger partial charge is 0.358 e. The van der Waals surface area contributed by atoms with Gasteiger partial charge in [-0.2, -0.15) is 0 Å². The van der Waals surface area contributed by atoms with Crippen LogP contribution in [0.5, 0.6) is 0 Å². The fourth-order valence-corrected chi connectivity index (χ4v) is 0.423. The Morgan fingerprint density at radius 3 is 2.60 bits per heavy atom. The zero-order valence-electron chi connectivity index (χ0n) is 6.35. The maximum atomic E-state index is 5.32. The van der Waals surface area contributed by atoms with E-state index in [9.17, 15) is 0 Å². The van der Waals surface area contributed by atoms with Crippen LogP contribution in [-0.4, -0.2) is 23.7 Å². The van der Waals surface area contributed by atoms with Crippen LogP contribution in [0.4, 0.5) is 0 Å². The lowest BCUT2D eigenvalue weighted by Gasteiger charge is -2.14.